The first kappa shape index (κ1) is 5.17. The van der Waals surface area contributed by atoms with Crippen LogP contribution in [0.4, 0.5) is 0 Å². The summed E-state index contributed by atoms with van der Waals surface area (Å²) in [6.07, 6.45) is 10.4. The molecule has 0 nitrogen and oxygen atoms in total. The van der Waals surface area contributed by atoms with Gasteiger partial charge in [-0.2, -0.15) is 0 Å². The maximum atomic E-state index is 2.48. The van der Waals surface area contributed by atoms with Crippen molar-refractivity contribution < 1.29 is 0 Å². The van der Waals surface area contributed by atoms with Crippen LogP contribution in [0.3, 0.4) is 0 Å². The summed E-state index contributed by atoms with van der Waals surface area (Å²) >= 11 is 0. The summed E-state index contributed by atoms with van der Waals surface area (Å²) in [5, 5.41) is 0. The number of allylic oxidation sites excluding steroid dienone is 4. The van der Waals surface area contributed by atoms with Crippen LogP contribution in [0.15, 0.2) is 23.3 Å². The van der Waals surface area contributed by atoms with E-state index < -0.39 is 0 Å². The van der Waals surface area contributed by atoms with Crippen LogP contribution in [0.25, 0.3) is 0 Å². The molecule has 2 fully saturated rings. The van der Waals surface area contributed by atoms with Crippen LogP contribution in [-0.2, 0) is 0 Å². The summed E-state index contributed by atoms with van der Waals surface area (Å²) in [7, 11) is 0. The molecular formula is C10H12. The van der Waals surface area contributed by atoms with E-state index in [1.54, 1.807) is 11.1 Å². The lowest BCUT2D eigenvalue weighted by Gasteiger charge is -2.50. The Bertz CT molecular complexity index is 208. The Balaban J connectivity index is 2.03. The van der Waals surface area contributed by atoms with Gasteiger partial charge in [0.1, 0.15) is 0 Å². The standard InChI is InChI=1S/C10H12/c1-2-4-8-6-9-5-7(3-1)10(8)9/h3-4,9-10H,1-2,5-6H2. The summed E-state index contributed by atoms with van der Waals surface area (Å²) in [4.78, 5) is 0. The molecule has 3 aliphatic rings. The summed E-state index contributed by atoms with van der Waals surface area (Å²) in [6, 6.07) is 0. The Hall–Kier alpha value is -0.520. The van der Waals surface area contributed by atoms with E-state index in [4.69, 9.17) is 0 Å². The molecule has 0 radical (unpaired) electrons. The molecule has 3 rings (SSSR count). The molecule has 0 N–H and O–H groups in total. The van der Waals surface area contributed by atoms with Gasteiger partial charge in [-0.1, -0.05) is 23.3 Å². The third-order valence-electron chi connectivity index (χ3n) is 3.25. The van der Waals surface area contributed by atoms with Crippen molar-refractivity contribution in [3.05, 3.63) is 23.3 Å². The highest BCUT2D eigenvalue weighted by molar-refractivity contribution is 5.40. The van der Waals surface area contributed by atoms with Crippen LogP contribution >= 0.6 is 0 Å². The lowest BCUT2D eigenvalue weighted by Crippen LogP contribution is -2.39. The van der Waals surface area contributed by atoms with Crippen molar-refractivity contribution in [2.75, 3.05) is 0 Å². The topological polar surface area (TPSA) is 0 Å². The molecule has 2 saturated carbocycles. The Labute approximate surface area is 61.6 Å². The molecule has 0 spiro atoms. The Morgan fingerprint density at radius 2 is 1.60 bits per heavy atom. The molecule has 0 atom stereocenters. The summed E-state index contributed by atoms with van der Waals surface area (Å²) < 4.78 is 0. The van der Waals surface area contributed by atoms with Crippen molar-refractivity contribution in [2.45, 2.75) is 25.7 Å². The molecule has 10 heavy (non-hydrogen) atoms. The molecule has 0 unspecified atom stereocenters. The highest BCUT2D eigenvalue weighted by atomic mass is 14.5. The smallest absolute Gasteiger partial charge is 0.00415 e. The minimum Gasteiger partial charge on any atom is -0.0844 e. The Morgan fingerprint density at radius 3 is 2.10 bits per heavy atom. The zero-order valence-corrected chi connectivity index (χ0v) is 6.14. The van der Waals surface area contributed by atoms with E-state index in [0.29, 0.717) is 0 Å². The van der Waals surface area contributed by atoms with Crippen molar-refractivity contribution in [1.82, 2.24) is 0 Å². The Morgan fingerprint density at radius 1 is 1.00 bits per heavy atom. The van der Waals surface area contributed by atoms with Gasteiger partial charge >= 0.3 is 0 Å². The molecule has 0 saturated heterocycles. The number of hydrogen-bond donors (Lipinski definition) is 0. The first-order valence-electron chi connectivity index (χ1n) is 4.33. The van der Waals surface area contributed by atoms with Crippen molar-refractivity contribution >= 4 is 0 Å². The van der Waals surface area contributed by atoms with E-state index in [-0.39, 0.29) is 0 Å². The van der Waals surface area contributed by atoms with Gasteiger partial charge in [-0.25, -0.2) is 0 Å². The maximum Gasteiger partial charge on any atom is 0.00415 e. The lowest BCUT2D eigenvalue weighted by molar-refractivity contribution is 0.221. The fraction of sp³-hybridized carbons (Fsp3) is 0.600. The maximum absolute atomic E-state index is 2.48. The van der Waals surface area contributed by atoms with Gasteiger partial charge in [-0.05, 0) is 31.6 Å². The van der Waals surface area contributed by atoms with E-state index in [9.17, 15) is 0 Å². The van der Waals surface area contributed by atoms with Crippen molar-refractivity contribution in [3.8, 4) is 0 Å². The predicted molar refractivity (Wildman–Crippen MR) is 41.6 cm³/mol. The molecule has 0 aliphatic heterocycles. The van der Waals surface area contributed by atoms with E-state index in [1.165, 1.54) is 25.7 Å². The zero-order chi connectivity index (χ0) is 6.55. The summed E-state index contributed by atoms with van der Waals surface area (Å²) in [6.45, 7) is 0. The molecule has 52 valence electrons. The van der Waals surface area contributed by atoms with Crippen LogP contribution in [0.1, 0.15) is 25.7 Å². The minimum atomic E-state index is 0.961. The van der Waals surface area contributed by atoms with Crippen molar-refractivity contribution in [1.29, 1.82) is 0 Å². The second-order valence-corrected chi connectivity index (χ2v) is 3.78. The molecule has 0 aromatic carbocycles. The second-order valence-electron chi connectivity index (χ2n) is 3.78. The molecule has 0 aromatic heterocycles. The van der Waals surface area contributed by atoms with Gasteiger partial charge in [0, 0.05) is 5.92 Å². The van der Waals surface area contributed by atoms with Gasteiger partial charge in [0.2, 0.25) is 0 Å². The van der Waals surface area contributed by atoms with Crippen molar-refractivity contribution in [3.63, 3.8) is 0 Å². The second kappa shape index (κ2) is 1.55. The molecule has 0 bridgehead atoms. The van der Waals surface area contributed by atoms with E-state index >= 15 is 0 Å². The van der Waals surface area contributed by atoms with Crippen molar-refractivity contribution in [2.24, 2.45) is 11.8 Å². The number of hydrogen-bond acceptors (Lipinski definition) is 0. The van der Waals surface area contributed by atoms with Gasteiger partial charge < -0.3 is 0 Å². The summed E-state index contributed by atoms with van der Waals surface area (Å²) in [5.74, 6) is 2.04. The lowest BCUT2D eigenvalue weighted by atomic mass is 9.54. The predicted octanol–water partition coefficient (Wildman–Crippen LogP) is 2.67. The summed E-state index contributed by atoms with van der Waals surface area (Å²) in [5.41, 5.74) is 3.53. The fourth-order valence-corrected chi connectivity index (χ4v) is 2.65. The van der Waals surface area contributed by atoms with Crippen LogP contribution in [0.5, 0.6) is 0 Å². The zero-order valence-electron chi connectivity index (χ0n) is 6.14. The normalized spacial score (nSPS) is 41.6. The van der Waals surface area contributed by atoms with Crippen LogP contribution < -0.4 is 0 Å². The van der Waals surface area contributed by atoms with E-state index in [1.807, 2.05) is 0 Å². The number of rotatable bonds is 0. The largest absolute Gasteiger partial charge is 0.0844 e. The van der Waals surface area contributed by atoms with Gasteiger partial charge in [-0.3, -0.25) is 0 Å². The van der Waals surface area contributed by atoms with Gasteiger partial charge in [0.05, 0.1) is 0 Å². The first-order chi connectivity index (χ1) is 4.95. The average Bonchev–Trinajstić information content (AvgIpc) is 2.04. The highest BCUT2D eigenvalue weighted by Gasteiger charge is 2.46. The quantitative estimate of drug-likeness (QED) is 0.444. The highest BCUT2D eigenvalue weighted by Crippen LogP contribution is 2.58. The van der Waals surface area contributed by atoms with E-state index in [2.05, 4.69) is 12.2 Å². The SMILES string of the molecule is C1=C2CC3CC(=CCC1)C23. The molecular weight excluding hydrogens is 120 g/mol. The molecule has 0 heterocycles. The third-order valence-corrected chi connectivity index (χ3v) is 3.25. The fourth-order valence-electron chi connectivity index (χ4n) is 2.65. The van der Waals surface area contributed by atoms with Gasteiger partial charge in [-0.15, -0.1) is 0 Å². The van der Waals surface area contributed by atoms with Gasteiger partial charge in [0.15, 0.2) is 0 Å². The molecule has 0 amide bonds. The van der Waals surface area contributed by atoms with Crippen LogP contribution in [0.2, 0.25) is 0 Å². The monoisotopic (exact) mass is 132 g/mol. The third kappa shape index (κ3) is 0.448. The molecule has 0 aromatic rings. The van der Waals surface area contributed by atoms with E-state index in [0.717, 1.165) is 11.8 Å². The van der Waals surface area contributed by atoms with Gasteiger partial charge in [0.25, 0.3) is 0 Å². The molecule has 3 aliphatic carbocycles. The first-order valence-corrected chi connectivity index (χ1v) is 4.33. The van der Waals surface area contributed by atoms with Crippen LogP contribution in [-0.4, -0.2) is 0 Å². The average molecular weight is 132 g/mol. The molecule has 0 heteroatoms. The Kier molecular flexibility index (Phi) is 0.803. The van der Waals surface area contributed by atoms with Crippen LogP contribution in [0, 0.1) is 11.8 Å². The minimum absolute atomic E-state index is 0.961.